The Kier molecular flexibility index (Phi) is 3.77. The molecule has 4 nitrogen and oxygen atoms in total. The maximum Gasteiger partial charge on any atom is 0.226 e. The van der Waals surface area contributed by atoms with Crippen molar-refractivity contribution in [3.05, 3.63) is 29.8 Å². The van der Waals surface area contributed by atoms with Crippen LogP contribution >= 0.6 is 0 Å². The Morgan fingerprint density at radius 2 is 1.80 bits per heavy atom. The first kappa shape index (κ1) is 15.7. The number of hydrogen-bond donors (Lipinski definition) is 1. The van der Waals surface area contributed by atoms with Crippen molar-refractivity contribution >= 4 is 5.91 Å². The molecule has 1 aromatic rings. The van der Waals surface area contributed by atoms with Crippen molar-refractivity contribution in [3.8, 4) is 5.75 Å². The molecule has 4 aliphatic heterocycles. The standard InChI is InChI=1S/C21H28N2O2/c24-17-7-3-6-16(12-17)18-13-23(21(25)15-4-1-2-5-15)19-14-8-10-22(11-9-14)20(18)19/h3,6-7,12,14-15,18-20,24H,1-2,4-5,8-11,13H2/t18-,19+,20+/m0/s1. The van der Waals surface area contributed by atoms with Crippen LogP contribution < -0.4 is 0 Å². The molecule has 3 atom stereocenters. The van der Waals surface area contributed by atoms with Gasteiger partial charge in [-0.3, -0.25) is 9.69 Å². The molecule has 0 spiro atoms. The summed E-state index contributed by atoms with van der Waals surface area (Å²) in [6.07, 6.45) is 7.06. The zero-order valence-electron chi connectivity index (χ0n) is 14.8. The lowest BCUT2D eigenvalue weighted by Crippen LogP contribution is -2.61. The van der Waals surface area contributed by atoms with E-state index in [1.54, 1.807) is 6.07 Å². The van der Waals surface area contributed by atoms with Crippen LogP contribution in [-0.4, -0.2) is 52.5 Å². The molecule has 6 rings (SSSR count). The molecule has 5 aliphatic rings. The molecule has 4 heterocycles. The monoisotopic (exact) mass is 340 g/mol. The molecule has 25 heavy (non-hydrogen) atoms. The van der Waals surface area contributed by atoms with Gasteiger partial charge in [0.2, 0.25) is 5.91 Å². The van der Waals surface area contributed by atoms with Crippen molar-refractivity contribution in [3.63, 3.8) is 0 Å². The summed E-state index contributed by atoms with van der Waals surface area (Å²) < 4.78 is 0. The Bertz CT molecular complexity index is 662. The molecule has 5 fully saturated rings. The Morgan fingerprint density at radius 1 is 1.04 bits per heavy atom. The van der Waals surface area contributed by atoms with E-state index in [0.717, 1.165) is 19.4 Å². The van der Waals surface area contributed by atoms with Gasteiger partial charge < -0.3 is 10.0 Å². The normalized spacial score (nSPS) is 37.4. The van der Waals surface area contributed by atoms with Crippen molar-refractivity contribution in [2.24, 2.45) is 11.8 Å². The van der Waals surface area contributed by atoms with Gasteiger partial charge >= 0.3 is 0 Å². The summed E-state index contributed by atoms with van der Waals surface area (Å²) in [6.45, 7) is 3.18. The first-order chi connectivity index (χ1) is 12.2. The minimum absolute atomic E-state index is 0.263. The highest BCUT2D eigenvalue weighted by Crippen LogP contribution is 2.47. The molecule has 134 valence electrons. The summed E-state index contributed by atoms with van der Waals surface area (Å²) in [5.74, 6) is 2.03. The molecular formula is C21H28N2O2. The number of benzene rings is 1. The Labute approximate surface area is 149 Å². The smallest absolute Gasteiger partial charge is 0.226 e. The van der Waals surface area contributed by atoms with Crippen molar-refractivity contribution in [1.82, 2.24) is 9.80 Å². The SMILES string of the molecule is O=C(C1CCCC1)N1C[C@@H](c2cccc(O)c2)[C@@H]2[C@H]1C1CCN2CC1. The maximum absolute atomic E-state index is 13.3. The average Bonchev–Trinajstić information content (AvgIpc) is 3.31. The fourth-order valence-electron chi connectivity index (χ4n) is 6.13. The van der Waals surface area contributed by atoms with Crippen molar-refractivity contribution < 1.29 is 9.90 Å². The van der Waals surface area contributed by atoms with Gasteiger partial charge in [-0.1, -0.05) is 25.0 Å². The van der Waals surface area contributed by atoms with Crippen LogP contribution in [0.15, 0.2) is 24.3 Å². The molecule has 1 amide bonds. The lowest BCUT2D eigenvalue weighted by Gasteiger charge is -2.51. The Morgan fingerprint density at radius 3 is 2.52 bits per heavy atom. The zero-order chi connectivity index (χ0) is 17.0. The van der Waals surface area contributed by atoms with Crippen LogP contribution in [0, 0.1) is 11.8 Å². The fourth-order valence-corrected chi connectivity index (χ4v) is 6.13. The lowest BCUT2D eigenvalue weighted by atomic mass is 9.75. The third kappa shape index (κ3) is 2.49. The molecule has 1 N–H and O–H groups in total. The average molecular weight is 340 g/mol. The number of carbonyl (C=O) groups excluding carboxylic acids is 1. The molecule has 0 unspecified atom stereocenters. The number of amides is 1. The minimum Gasteiger partial charge on any atom is -0.508 e. The number of nitrogens with zero attached hydrogens (tertiary/aromatic N) is 2. The van der Waals surface area contributed by atoms with Crippen LogP contribution in [0.3, 0.4) is 0 Å². The first-order valence-corrected chi connectivity index (χ1v) is 10.1. The van der Waals surface area contributed by atoms with Crippen LogP contribution in [0.25, 0.3) is 0 Å². The third-order valence-electron chi connectivity index (χ3n) is 7.28. The minimum atomic E-state index is 0.263. The molecule has 2 bridgehead atoms. The summed E-state index contributed by atoms with van der Waals surface area (Å²) in [7, 11) is 0. The number of phenolic OH excluding ortho intramolecular Hbond substituents is 1. The van der Waals surface area contributed by atoms with E-state index in [9.17, 15) is 9.90 Å². The molecule has 0 aromatic heterocycles. The Hall–Kier alpha value is -1.55. The van der Waals surface area contributed by atoms with Crippen molar-refractivity contribution in [2.45, 2.75) is 56.5 Å². The second kappa shape index (κ2) is 6.01. The van der Waals surface area contributed by atoms with E-state index >= 15 is 0 Å². The summed E-state index contributed by atoms with van der Waals surface area (Å²) in [5, 5.41) is 9.95. The highest BCUT2D eigenvalue weighted by Gasteiger charge is 2.55. The fraction of sp³-hybridized carbons (Fsp3) is 0.667. The van der Waals surface area contributed by atoms with E-state index in [4.69, 9.17) is 0 Å². The van der Waals surface area contributed by atoms with Crippen LogP contribution in [-0.2, 0) is 4.79 Å². The number of rotatable bonds is 2. The highest BCUT2D eigenvalue weighted by atomic mass is 16.3. The van der Waals surface area contributed by atoms with Gasteiger partial charge in [0.25, 0.3) is 0 Å². The van der Waals surface area contributed by atoms with Gasteiger partial charge in [0, 0.05) is 24.4 Å². The van der Waals surface area contributed by atoms with Crippen LogP contribution in [0.1, 0.15) is 50.0 Å². The summed E-state index contributed by atoms with van der Waals surface area (Å²) >= 11 is 0. The van der Waals surface area contributed by atoms with Crippen molar-refractivity contribution in [1.29, 1.82) is 0 Å². The van der Waals surface area contributed by atoms with E-state index in [0.29, 0.717) is 35.6 Å². The maximum atomic E-state index is 13.3. The molecule has 1 saturated carbocycles. The molecule has 1 aromatic carbocycles. The van der Waals surface area contributed by atoms with Gasteiger partial charge in [-0.25, -0.2) is 0 Å². The summed E-state index contributed by atoms with van der Waals surface area (Å²) in [5.41, 5.74) is 1.20. The predicted octanol–water partition coefficient (Wildman–Crippen LogP) is 2.97. The summed E-state index contributed by atoms with van der Waals surface area (Å²) in [4.78, 5) is 18.2. The highest BCUT2D eigenvalue weighted by molar-refractivity contribution is 5.80. The second-order valence-corrected chi connectivity index (χ2v) is 8.53. The number of piperidine rings is 3. The summed E-state index contributed by atoms with van der Waals surface area (Å²) in [6, 6.07) is 8.56. The van der Waals surface area contributed by atoms with E-state index in [2.05, 4.69) is 15.9 Å². The number of fused-ring (bicyclic) bond motifs is 2. The number of likely N-dealkylation sites (tertiary alicyclic amines) is 1. The molecule has 4 heteroatoms. The quantitative estimate of drug-likeness (QED) is 0.900. The first-order valence-electron chi connectivity index (χ1n) is 10.1. The van der Waals surface area contributed by atoms with Crippen LogP contribution in [0.4, 0.5) is 0 Å². The predicted molar refractivity (Wildman–Crippen MR) is 96.4 cm³/mol. The van der Waals surface area contributed by atoms with Gasteiger partial charge in [0.05, 0.1) is 6.04 Å². The van der Waals surface area contributed by atoms with E-state index in [-0.39, 0.29) is 5.92 Å². The van der Waals surface area contributed by atoms with Gasteiger partial charge in [0.1, 0.15) is 5.75 Å². The van der Waals surface area contributed by atoms with Crippen molar-refractivity contribution in [2.75, 3.05) is 19.6 Å². The van der Waals surface area contributed by atoms with Gasteiger partial charge in [-0.05, 0) is 62.4 Å². The third-order valence-corrected chi connectivity index (χ3v) is 7.28. The topological polar surface area (TPSA) is 43.8 Å². The zero-order valence-corrected chi connectivity index (χ0v) is 14.8. The molecule has 0 radical (unpaired) electrons. The van der Waals surface area contributed by atoms with Gasteiger partial charge in [-0.15, -0.1) is 0 Å². The molecular weight excluding hydrogens is 312 g/mol. The number of hydrogen-bond acceptors (Lipinski definition) is 3. The Balaban J connectivity index is 1.49. The number of phenols is 1. The van der Waals surface area contributed by atoms with Crippen LogP contribution in [0.5, 0.6) is 5.75 Å². The lowest BCUT2D eigenvalue weighted by molar-refractivity contribution is -0.140. The van der Waals surface area contributed by atoms with E-state index in [1.165, 1.54) is 44.3 Å². The second-order valence-electron chi connectivity index (χ2n) is 8.53. The van der Waals surface area contributed by atoms with Gasteiger partial charge in [0.15, 0.2) is 0 Å². The molecule has 4 saturated heterocycles. The van der Waals surface area contributed by atoms with E-state index in [1.807, 2.05) is 12.1 Å². The van der Waals surface area contributed by atoms with Crippen LogP contribution in [0.2, 0.25) is 0 Å². The molecule has 1 aliphatic carbocycles. The number of aromatic hydroxyl groups is 1. The largest absolute Gasteiger partial charge is 0.508 e. The van der Waals surface area contributed by atoms with E-state index < -0.39 is 0 Å². The number of carbonyl (C=O) groups is 1. The van der Waals surface area contributed by atoms with Gasteiger partial charge in [-0.2, -0.15) is 0 Å².